The molecule has 0 aliphatic heterocycles. The molecule has 2 rings (SSSR count). The van der Waals surface area contributed by atoms with Gasteiger partial charge < -0.3 is 16.3 Å². The van der Waals surface area contributed by atoms with E-state index in [1.807, 2.05) is 0 Å². The van der Waals surface area contributed by atoms with Gasteiger partial charge in [0.15, 0.2) is 17.2 Å². The molecule has 21 heavy (non-hydrogen) atoms. The van der Waals surface area contributed by atoms with Gasteiger partial charge in [-0.25, -0.2) is 4.63 Å². The van der Waals surface area contributed by atoms with Gasteiger partial charge in [0.05, 0.1) is 22.3 Å². The summed E-state index contributed by atoms with van der Waals surface area (Å²) >= 11 is 11.8. The van der Waals surface area contributed by atoms with Crippen LogP contribution >= 0.6 is 23.2 Å². The minimum Gasteiger partial charge on any atom is -0.410 e. The number of carbonyl (C=O) groups excluding carboxylic acids is 1. The summed E-state index contributed by atoms with van der Waals surface area (Å²) in [6, 6.07) is 4.92. The highest BCUT2D eigenvalue weighted by Gasteiger charge is 2.22. The lowest BCUT2D eigenvalue weighted by atomic mass is 10.1. The lowest BCUT2D eigenvalue weighted by Crippen LogP contribution is -2.25. The van der Waals surface area contributed by atoms with E-state index in [1.54, 1.807) is 18.2 Å². The molecule has 0 saturated heterocycles. The number of oxime groups is 1. The highest BCUT2D eigenvalue weighted by Crippen LogP contribution is 2.29. The maximum Gasteiger partial charge on any atom is 0.206 e. The fraction of sp³-hybridized carbons (Fsp3) is 0.0909. The second kappa shape index (κ2) is 6.42. The van der Waals surface area contributed by atoms with Gasteiger partial charge in [-0.15, -0.1) is 0 Å². The van der Waals surface area contributed by atoms with E-state index in [-0.39, 0.29) is 28.8 Å². The molecule has 0 fully saturated rings. The molecule has 8 nitrogen and oxygen atoms in total. The van der Waals surface area contributed by atoms with Crippen LogP contribution in [0.25, 0.3) is 0 Å². The number of anilines is 2. The first-order valence-electron chi connectivity index (χ1n) is 5.56. The Hall–Kier alpha value is -2.32. The summed E-state index contributed by atoms with van der Waals surface area (Å²) in [6.45, 7) is -0.217. The summed E-state index contributed by atoms with van der Waals surface area (Å²) in [5.74, 6) is -0.743. The van der Waals surface area contributed by atoms with Gasteiger partial charge in [0.2, 0.25) is 5.78 Å². The van der Waals surface area contributed by atoms with Crippen molar-refractivity contribution in [3.63, 3.8) is 0 Å². The quantitative estimate of drug-likeness (QED) is 0.433. The predicted octanol–water partition coefficient (Wildman–Crippen LogP) is 1.82. The van der Waals surface area contributed by atoms with Gasteiger partial charge in [0, 0.05) is 0 Å². The van der Waals surface area contributed by atoms with Crippen LogP contribution in [-0.2, 0) is 4.79 Å². The molecule has 0 bridgehead atoms. The molecule has 0 aliphatic rings. The molecule has 1 aromatic heterocycles. The number of carbonyl (C=O) groups is 1. The molecule has 1 aromatic carbocycles. The first-order valence-corrected chi connectivity index (χ1v) is 6.31. The summed E-state index contributed by atoms with van der Waals surface area (Å²) < 4.78 is 4.35. The van der Waals surface area contributed by atoms with Crippen LogP contribution in [0.3, 0.4) is 0 Å². The van der Waals surface area contributed by atoms with Crippen LogP contribution < -0.4 is 11.1 Å². The molecule has 0 atom stereocenters. The smallest absolute Gasteiger partial charge is 0.206 e. The van der Waals surface area contributed by atoms with Gasteiger partial charge in [-0.3, -0.25) is 4.79 Å². The maximum atomic E-state index is 12.0. The van der Waals surface area contributed by atoms with E-state index in [9.17, 15) is 4.79 Å². The molecular formula is C11H9Cl2N5O3. The Bertz CT molecular complexity index is 701. The summed E-state index contributed by atoms with van der Waals surface area (Å²) in [5, 5.41) is 21.9. The van der Waals surface area contributed by atoms with E-state index >= 15 is 0 Å². The van der Waals surface area contributed by atoms with Crippen molar-refractivity contribution < 1.29 is 14.6 Å². The first kappa shape index (κ1) is 15.1. The minimum atomic E-state index is -0.587. The van der Waals surface area contributed by atoms with E-state index in [0.717, 1.165) is 0 Å². The lowest BCUT2D eigenvalue weighted by molar-refractivity contribution is -0.111. The monoisotopic (exact) mass is 329 g/mol. The summed E-state index contributed by atoms with van der Waals surface area (Å²) in [4.78, 5) is 12.0. The van der Waals surface area contributed by atoms with E-state index < -0.39 is 5.78 Å². The Morgan fingerprint density at radius 2 is 2.19 bits per heavy atom. The first-order chi connectivity index (χ1) is 10.0. The fourth-order valence-electron chi connectivity index (χ4n) is 1.49. The van der Waals surface area contributed by atoms with E-state index in [2.05, 4.69) is 25.4 Å². The van der Waals surface area contributed by atoms with Gasteiger partial charge in [0.1, 0.15) is 0 Å². The average Bonchev–Trinajstić information content (AvgIpc) is 2.88. The van der Waals surface area contributed by atoms with Crippen LogP contribution in [0.15, 0.2) is 28.0 Å². The molecule has 2 aromatic rings. The standard InChI is InChI=1S/C11H9Cl2N5O3/c12-5-2-1-3-6(8(5)13)15-4-7(19)9(16-20)10-11(14)18-21-17-10/h1-3,15,20H,4H2,(H2,14,18)/b16-9+. The molecule has 1 heterocycles. The maximum absolute atomic E-state index is 12.0. The van der Waals surface area contributed by atoms with E-state index in [4.69, 9.17) is 34.1 Å². The zero-order chi connectivity index (χ0) is 15.4. The number of rotatable bonds is 5. The largest absolute Gasteiger partial charge is 0.410 e. The molecule has 0 amide bonds. The van der Waals surface area contributed by atoms with Crippen molar-refractivity contribution in [3.05, 3.63) is 33.9 Å². The number of aromatic nitrogens is 2. The predicted molar refractivity (Wildman–Crippen MR) is 77.0 cm³/mol. The molecule has 0 aliphatic carbocycles. The van der Waals surface area contributed by atoms with Crippen molar-refractivity contribution in [3.8, 4) is 0 Å². The third kappa shape index (κ3) is 3.23. The molecule has 4 N–H and O–H groups in total. The highest BCUT2D eigenvalue weighted by atomic mass is 35.5. The summed E-state index contributed by atoms with van der Waals surface area (Å²) in [6.07, 6.45) is 0. The lowest BCUT2D eigenvalue weighted by Gasteiger charge is -2.08. The van der Waals surface area contributed by atoms with Gasteiger partial charge in [-0.1, -0.05) is 34.4 Å². The average molecular weight is 330 g/mol. The van der Waals surface area contributed by atoms with Gasteiger partial charge >= 0.3 is 0 Å². The Kier molecular flexibility index (Phi) is 4.61. The number of hydrogen-bond donors (Lipinski definition) is 3. The number of ketones is 1. The Morgan fingerprint density at radius 3 is 2.81 bits per heavy atom. The van der Waals surface area contributed by atoms with E-state index in [1.165, 1.54) is 0 Å². The van der Waals surface area contributed by atoms with Crippen molar-refractivity contribution in [1.82, 2.24) is 10.3 Å². The van der Waals surface area contributed by atoms with Crippen LogP contribution in [0.5, 0.6) is 0 Å². The van der Waals surface area contributed by atoms with Crippen LogP contribution in [0.2, 0.25) is 10.0 Å². The Morgan fingerprint density at radius 1 is 1.43 bits per heavy atom. The molecule has 0 unspecified atom stereocenters. The normalized spacial score (nSPS) is 11.4. The van der Waals surface area contributed by atoms with Gasteiger partial charge in [-0.2, -0.15) is 0 Å². The fourth-order valence-corrected chi connectivity index (χ4v) is 1.86. The summed E-state index contributed by atoms with van der Waals surface area (Å²) in [7, 11) is 0. The number of nitrogens with two attached hydrogens (primary N) is 1. The number of benzene rings is 1. The minimum absolute atomic E-state index is 0.138. The molecule has 110 valence electrons. The van der Waals surface area contributed by atoms with Crippen LogP contribution in [0.1, 0.15) is 5.69 Å². The Labute approximate surface area is 128 Å². The zero-order valence-electron chi connectivity index (χ0n) is 10.4. The second-order valence-corrected chi connectivity index (χ2v) is 4.61. The van der Waals surface area contributed by atoms with Crippen molar-refractivity contribution in [2.75, 3.05) is 17.6 Å². The van der Waals surface area contributed by atoms with Gasteiger partial charge in [0.25, 0.3) is 0 Å². The number of Topliss-reactive ketones (excluding diaryl/α,β-unsaturated/α-hetero) is 1. The van der Waals surface area contributed by atoms with Crippen molar-refractivity contribution >= 4 is 46.2 Å². The molecular weight excluding hydrogens is 321 g/mol. The Balaban J connectivity index is 2.11. The van der Waals surface area contributed by atoms with Crippen LogP contribution in [0.4, 0.5) is 11.5 Å². The summed E-state index contributed by atoms with van der Waals surface area (Å²) in [5.41, 5.74) is 5.38. The third-order valence-corrected chi connectivity index (χ3v) is 3.31. The number of hydrogen-bond acceptors (Lipinski definition) is 8. The highest BCUT2D eigenvalue weighted by molar-refractivity contribution is 6.47. The molecule has 0 saturated carbocycles. The number of nitrogens with one attached hydrogen (secondary N) is 1. The van der Waals surface area contributed by atoms with Crippen molar-refractivity contribution in [2.24, 2.45) is 5.16 Å². The number of nitrogens with zero attached hydrogens (tertiary/aromatic N) is 3. The number of halogens is 2. The van der Waals surface area contributed by atoms with Gasteiger partial charge in [-0.05, 0) is 22.4 Å². The topological polar surface area (TPSA) is 127 Å². The number of nitrogen functional groups attached to an aromatic ring is 1. The van der Waals surface area contributed by atoms with Crippen LogP contribution in [-0.4, -0.2) is 33.6 Å². The molecule has 0 radical (unpaired) electrons. The zero-order valence-corrected chi connectivity index (χ0v) is 11.9. The van der Waals surface area contributed by atoms with E-state index in [0.29, 0.717) is 10.7 Å². The SMILES string of the molecule is Nc1nonc1/C(=N/O)C(=O)CNc1cccc(Cl)c1Cl. The molecule has 10 heteroatoms. The van der Waals surface area contributed by atoms with Crippen LogP contribution in [0, 0.1) is 0 Å². The third-order valence-electron chi connectivity index (χ3n) is 2.49. The molecule has 0 spiro atoms. The second-order valence-electron chi connectivity index (χ2n) is 3.82. The van der Waals surface area contributed by atoms with Crippen molar-refractivity contribution in [1.29, 1.82) is 0 Å². The van der Waals surface area contributed by atoms with Crippen molar-refractivity contribution in [2.45, 2.75) is 0 Å².